The largest absolute Gasteiger partial charge is 0.462 e. The monoisotopic (exact) mass is 375 g/mol. The topological polar surface area (TPSA) is 71.5 Å². The van der Waals surface area contributed by atoms with Crippen molar-refractivity contribution in [2.24, 2.45) is 0 Å². The van der Waals surface area contributed by atoms with Gasteiger partial charge in [0.25, 0.3) is 5.91 Å². The molecule has 0 radical (unpaired) electrons. The minimum absolute atomic E-state index is 0.256. The Hall–Kier alpha value is -3.67. The summed E-state index contributed by atoms with van der Waals surface area (Å²) in [6.45, 7) is 2.07. The number of nitrogens with zero attached hydrogens (tertiary/aromatic N) is 2. The Morgan fingerprint density at radius 1 is 1.00 bits per heavy atom. The lowest BCUT2D eigenvalue weighted by atomic mass is 10.2. The number of carbonyl (C=O) groups excluding carboxylic acids is 2. The standard InChI is InChI=1S/C22H21N3O3/c1-3-28-22(27)16-9-11-18(12-10-16)24-21(26)17-13-14-23-20(15-17)25(2)19-7-5-4-6-8-19/h4-15H,3H2,1-2H3,(H,24,26). The number of hydrogen-bond acceptors (Lipinski definition) is 5. The number of amides is 1. The van der Waals surface area contributed by atoms with Crippen LogP contribution in [0.3, 0.4) is 0 Å². The smallest absolute Gasteiger partial charge is 0.338 e. The van der Waals surface area contributed by atoms with Crippen molar-refractivity contribution in [1.29, 1.82) is 0 Å². The molecule has 0 aliphatic carbocycles. The molecular formula is C22H21N3O3. The maximum atomic E-state index is 12.6. The second kappa shape index (κ2) is 8.81. The number of benzene rings is 2. The zero-order chi connectivity index (χ0) is 19.9. The van der Waals surface area contributed by atoms with Gasteiger partial charge in [0, 0.05) is 30.2 Å². The fourth-order valence-electron chi connectivity index (χ4n) is 2.63. The van der Waals surface area contributed by atoms with Gasteiger partial charge in [0.2, 0.25) is 0 Å². The lowest BCUT2D eigenvalue weighted by Crippen LogP contribution is -2.15. The van der Waals surface area contributed by atoms with Gasteiger partial charge < -0.3 is 15.0 Å². The minimum Gasteiger partial charge on any atom is -0.462 e. The number of para-hydroxylation sites is 1. The Kier molecular flexibility index (Phi) is 6.01. The summed E-state index contributed by atoms with van der Waals surface area (Å²) in [7, 11) is 1.90. The molecule has 0 saturated carbocycles. The van der Waals surface area contributed by atoms with Crippen molar-refractivity contribution in [3.63, 3.8) is 0 Å². The zero-order valence-electron chi connectivity index (χ0n) is 15.8. The molecular weight excluding hydrogens is 354 g/mol. The predicted molar refractivity (Wildman–Crippen MR) is 109 cm³/mol. The number of carbonyl (C=O) groups is 2. The summed E-state index contributed by atoms with van der Waals surface area (Å²) in [4.78, 5) is 30.6. The Labute approximate surface area is 163 Å². The molecule has 6 heteroatoms. The first-order valence-corrected chi connectivity index (χ1v) is 8.92. The van der Waals surface area contributed by atoms with Gasteiger partial charge in [-0.25, -0.2) is 9.78 Å². The highest BCUT2D eigenvalue weighted by Crippen LogP contribution is 2.22. The normalized spacial score (nSPS) is 10.2. The molecule has 1 amide bonds. The third-order valence-corrected chi connectivity index (χ3v) is 4.15. The molecule has 0 atom stereocenters. The van der Waals surface area contributed by atoms with Crippen molar-refractivity contribution in [2.75, 3.05) is 23.9 Å². The molecule has 2 aromatic carbocycles. The highest BCUT2D eigenvalue weighted by molar-refractivity contribution is 6.05. The third-order valence-electron chi connectivity index (χ3n) is 4.15. The molecule has 0 unspecified atom stereocenters. The molecule has 142 valence electrons. The fraction of sp³-hybridized carbons (Fsp3) is 0.136. The molecule has 0 aliphatic heterocycles. The molecule has 28 heavy (non-hydrogen) atoms. The Morgan fingerprint density at radius 2 is 1.71 bits per heavy atom. The molecule has 1 N–H and O–H groups in total. The minimum atomic E-state index is -0.386. The number of anilines is 3. The van der Waals surface area contributed by atoms with Gasteiger partial charge in [-0.3, -0.25) is 4.79 Å². The van der Waals surface area contributed by atoms with Crippen LogP contribution in [0.25, 0.3) is 0 Å². The lowest BCUT2D eigenvalue weighted by molar-refractivity contribution is 0.0526. The van der Waals surface area contributed by atoms with Crippen LogP contribution in [0.2, 0.25) is 0 Å². The van der Waals surface area contributed by atoms with Crippen LogP contribution < -0.4 is 10.2 Å². The lowest BCUT2D eigenvalue weighted by Gasteiger charge is -2.18. The first kappa shape index (κ1) is 19.1. The van der Waals surface area contributed by atoms with Gasteiger partial charge >= 0.3 is 5.97 Å². The number of esters is 1. The average molecular weight is 375 g/mol. The molecule has 0 saturated heterocycles. The van der Waals surface area contributed by atoms with Crippen molar-refractivity contribution < 1.29 is 14.3 Å². The molecule has 0 aliphatic rings. The van der Waals surface area contributed by atoms with Gasteiger partial charge in [0.1, 0.15) is 5.82 Å². The summed E-state index contributed by atoms with van der Waals surface area (Å²) in [5, 5.41) is 2.82. The molecule has 6 nitrogen and oxygen atoms in total. The van der Waals surface area contributed by atoms with Gasteiger partial charge in [-0.05, 0) is 55.5 Å². The summed E-state index contributed by atoms with van der Waals surface area (Å²) >= 11 is 0. The molecule has 1 heterocycles. The predicted octanol–water partition coefficient (Wildman–Crippen LogP) is 4.28. The highest BCUT2D eigenvalue weighted by atomic mass is 16.5. The van der Waals surface area contributed by atoms with Crippen molar-refractivity contribution in [1.82, 2.24) is 4.98 Å². The van der Waals surface area contributed by atoms with Crippen LogP contribution in [0, 0.1) is 0 Å². The summed E-state index contributed by atoms with van der Waals surface area (Å²) in [6, 6.07) is 19.7. The van der Waals surface area contributed by atoms with E-state index in [0.29, 0.717) is 29.2 Å². The summed E-state index contributed by atoms with van der Waals surface area (Å²) in [6.07, 6.45) is 1.60. The van der Waals surface area contributed by atoms with E-state index in [-0.39, 0.29) is 11.9 Å². The van der Waals surface area contributed by atoms with E-state index in [1.165, 1.54) is 0 Å². The molecule has 0 spiro atoms. The SMILES string of the molecule is CCOC(=O)c1ccc(NC(=O)c2ccnc(N(C)c3ccccc3)c2)cc1. The summed E-state index contributed by atoms with van der Waals surface area (Å²) in [5.41, 5.74) is 2.49. The summed E-state index contributed by atoms with van der Waals surface area (Å²) in [5.74, 6) is 0.0219. The van der Waals surface area contributed by atoms with Crippen molar-refractivity contribution in [2.45, 2.75) is 6.92 Å². The average Bonchev–Trinajstić information content (AvgIpc) is 2.74. The Morgan fingerprint density at radius 3 is 2.39 bits per heavy atom. The Bertz CT molecular complexity index is 956. The second-order valence-corrected chi connectivity index (χ2v) is 6.05. The number of hydrogen-bond donors (Lipinski definition) is 1. The van der Waals surface area contributed by atoms with Crippen LogP contribution in [-0.2, 0) is 4.74 Å². The number of nitrogens with one attached hydrogen (secondary N) is 1. The number of ether oxygens (including phenoxy) is 1. The van der Waals surface area contributed by atoms with Crippen LogP contribution in [-0.4, -0.2) is 30.5 Å². The second-order valence-electron chi connectivity index (χ2n) is 6.05. The van der Waals surface area contributed by atoms with Gasteiger partial charge in [-0.1, -0.05) is 18.2 Å². The molecule has 0 bridgehead atoms. The van der Waals surface area contributed by atoms with Crippen LogP contribution in [0.4, 0.5) is 17.2 Å². The van der Waals surface area contributed by atoms with E-state index in [0.717, 1.165) is 5.69 Å². The van der Waals surface area contributed by atoms with E-state index >= 15 is 0 Å². The summed E-state index contributed by atoms with van der Waals surface area (Å²) < 4.78 is 4.95. The van der Waals surface area contributed by atoms with E-state index in [4.69, 9.17) is 4.74 Å². The van der Waals surface area contributed by atoms with Crippen molar-refractivity contribution in [3.8, 4) is 0 Å². The maximum Gasteiger partial charge on any atom is 0.338 e. The number of rotatable bonds is 6. The quantitative estimate of drug-likeness (QED) is 0.651. The zero-order valence-corrected chi connectivity index (χ0v) is 15.8. The molecule has 0 fully saturated rings. The van der Waals surface area contributed by atoms with Crippen molar-refractivity contribution in [3.05, 3.63) is 84.1 Å². The van der Waals surface area contributed by atoms with Crippen LogP contribution in [0.5, 0.6) is 0 Å². The van der Waals surface area contributed by atoms with E-state index in [2.05, 4.69) is 10.3 Å². The number of aromatic nitrogens is 1. The van der Waals surface area contributed by atoms with Gasteiger partial charge in [0.15, 0.2) is 0 Å². The Balaban J connectivity index is 1.72. The van der Waals surface area contributed by atoms with Gasteiger partial charge in [-0.2, -0.15) is 0 Å². The molecule has 1 aromatic heterocycles. The van der Waals surface area contributed by atoms with Crippen LogP contribution in [0.15, 0.2) is 72.9 Å². The van der Waals surface area contributed by atoms with Crippen LogP contribution in [0.1, 0.15) is 27.6 Å². The highest BCUT2D eigenvalue weighted by Gasteiger charge is 2.12. The molecule has 3 aromatic rings. The van der Waals surface area contributed by atoms with Crippen LogP contribution >= 0.6 is 0 Å². The van der Waals surface area contributed by atoms with Gasteiger partial charge in [-0.15, -0.1) is 0 Å². The van der Waals surface area contributed by atoms with E-state index < -0.39 is 0 Å². The van der Waals surface area contributed by atoms with E-state index in [9.17, 15) is 9.59 Å². The van der Waals surface area contributed by atoms with Gasteiger partial charge in [0.05, 0.1) is 12.2 Å². The van der Waals surface area contributed by atoms with E-state index in [1.54, 1.807) is 49.5 Å². The first-order chi connectivity index (χ1) is 13.6. The number of pyridine rings is 1. The first-order valence-electron chi connectivity index (χ1n) is 8.92. The molecule has 3 rings (SSSR count). The van der Waals surface area contributed by atoms with Crippen molar-refractivity contribution >= 4 is 29.1 Å². The maximum absolute atomic E-state index is 12.6. The third kappa shape index (κ3) is 4.54. The van der Waals surface area contributed by atoms with E-state index in [1.807, 2.05) is 42.3 Å². The fourth-order valence-corrected chi connectivity index (χ4v) is 2.63.